The van der Waals surface area contributed by atoms with Crippen molar-refractivity contribution < 1.29 is 24.5 Å². The lowest BCUT2D eigenvalue weighted by atomic mass is 9.73. The van der Waals surface area contributed by atoms with Gasteiger partial charge in [-0.1, -0.05) is 42.8 Å². The zero-order valence-corrected chi connectivity index (χ0v) is 23.9. The normalized spacial score (nSPS) is 24.9. The molecule has 1 unspecified atom stereocenters. The molecule has 1 aliphatic carbocycles. The Morgan fingerprint density at radius 2 is 2.00 bits per heavy atom. The second kappa shape index (κ2) is 13.5. The van der Waals surface area contributed by atoms with Crippen molar-refractivity contribution in [3.63, 3.8) is 0 Å². The number of rotatable bonds is 11. The number of benzene rings is 2. The largest absolute Gasteiger partial charge is 0.455 e. The number of ether oxygens (including phenoxy) is 2. The molecule has 2 aliphatic rings. The number of carbonyl (C=O) groups is 1. The zero-order valence-electron chi connectivity index (χ0n) is 23.2. The Morgan fingerprint density at radius 1 is 1.21 bits per heavy atom. The lowest BCUT2D eigenvalue weighted by Gasteiger charge is -2.44. The molecular weight excluding hydrogens is 516 g/mol. The van der Waals surface area contributed by atoms with E-state index in [2.05, 4.69) is 13.0 Å². The number of aryl methyl sites for hydroxylation is 1. The molecule has 4 N–H and O–H groups in total. The van der Waals surface area contributed by atoms with Gasteiger partial charge in [0.05, 0.1) is 16.7 Å². The van der Waals surface area contributed by atoms with E-state index >= 15 is 0 Å². The lowest BCUT2D eigenvalue weighted by Crippen LogP contribution is -2.49. The molecule has 0 aromatic heterocycles. The summed E-state index contributed by atoms with van der Waals surface area (Å²) in [4.78, 5) is 15.3. The molecule has 1 heterocycles. The summed E-state index contributed by atoms with van der Waals surface area (Å²) in [5.74, 6) is 0.657. The Labute approximate surface area is 237 Å². The molecule has 0 radical (unpaired) electrons. The predicted molar refractivity (Wildman–Crippen MR) is 153 cm³/mol. The smallest absolute Gasteiger partial charge is 0.225 e. The molecule has 5 atom stereocenters. The summed E-state index contributed by atoms with van der Waals surface area (Å²) in [7, 11) is 1.68. The van der Waals surface area contributed by atoms with Crippen molar-refractivity contribution in [2.45, 2.75) is 76.0 Å². The van der Waals surface area contributed by atoms with E-state index in [1.165, 1.54) is 0 Å². The van der Waals surface area contributed by atoms with Crippen LogP contribution in [0.2, 0.25) is 5.02 Å². The number of nitrogens with zero attached hydrogens (tertiary/aromatic N) is 1. The van der Waals surface area contributed by atoms with Gasteiger partial charge in [-0.25, -0.2) is 0 Å². The van der Waals surface area contributed by atoms with Gasteiger partial charge in [-0.3, -0.25) is 4.79 Å². The van der Waals surface area contributed by atoms with Crippen LogP contribution in [0.15, 0.2) is 42.5 Å². The first-order valence-electron chi connectivity index (χ1n) is 14.3. The van der Waals surface area contributed by atoms with Crippen LogP contribution in [-0.2, 0) is 21.6 Å². The number of aliphatic hydroxyl groups excluding tert-OH is 1. The number of halogens is 1. The number of para-hydroxylation sites is 1. The van der Waals surface area contributed by atoms with Crippen molar-refractivity contribution in [1.82, 2.24) is 4.90 Å². The molecule has 2 aromatic rings. The number of hydrogen-bond donors (Lipinski definition) is 3. The number of methoxy groups -OCH3 is 1. The van der Waals surface area contributed by atoms with Gasteiger partial charge in [0, 0.05) is 50.2 Å². The Kier molecular flexibility index (Phi) is 10.3. The molecule has 2 aromatic carbocycles. The van der Waals surface area contributed by atoms with Gasteiger partial charge in [-0.15, -0.1) is 0 Å². The van der Waals surface area contributed by atoms with Crippen molar-refractivity contribution in [1.29, 1.82) is 0 Å². The number of nitrogens with two attached hydrogens (primary N) is 1. The molecule has 214 valence electrons. The summed E-state index contributed by atoms with van der Waals surface area (Å²) in [6.07, 6.45) is 4.72. The summed E-state index contributed by atoms with van der Waals surface area (Å²) < 4.78 is 11.7. The molecule has 7 nitrogen and oxygen atoms in total. The van der Waals surface area contributed by atoms with Gasteiger partial charge >= 0.3 is 0 Å². The third-order valence-corrected chi connectivity index (χ3v) is 8.75. The van der Waals surface area contributed by atoms with Crippen molar-refractivity contribution in [2.24, 2.45) is 17.6 Å². The van der Waals surface area contributed by atoms with Crippen LogP contribution in [0, 0.1) is 11.8 Å². The highest BCUT2D eigenvalue weighted by molar-refractivity contribution is 6.32. The standard InChI is InChI=1S/C31H43ClN2O5/c1-3-21-9-6-11-24(17-21)39-29-25(12-7-13-26(29)32)31(37,14-4-5-16-38-2)23-10-8-15-34(20-23)30(36)22-18-27(33)28(35)19-22/h6-7,9,11-13,17,22-23,27-28,35,37H,3-5,8,10,14-16,18-20,33H2,1-2H3/t22-,23+,27+,28-,31?/m0/s1. The SMILES string of the molecule is CCc1cccc(Oc2c(Cl)cccc2C(O)(CCCCOC)[C@@H]2CCCN(C(=O)[C@H]3C[C@@H](N)[C@@H](O)C3)C2)c1. The number of likely N-dealkylation sites (tertiary alicyclic amines) is 1. The van der Waals surface area contributed by atoms with Gasteiger partial charge in [0.25, 0.3) is 0 Å². The highest BCUT2D eigenvalue weighted by Crippen LogP contribution is 2.47. The van der Waals surface area contributed by atoms with Crippen LogP contribution in [0.5, 0.6) is 11.5 Å². The number of aliphatic hydroxyl groups is 2. The summed E-state index contributed by atoms with van der Waals surface area (Å²) in [6, 6.07) is 13.1. The average Bonchev–Trinajstić information content (AvgIpc) is 3.29. The van der Waals surface area contributed by atoms with Crippen LogP contribution in [0.3, 0.4) is 0 Å². The zero-order chi connectivity index (χ0) is 28.0. The number of piperidine rings is 1. The number of hydrogen-bond acceptors (Lipinski definition) is 6. The van der Waals surface area contributed by atoms with Crippen LogP contribution in [-0.4, -0.2) is 60.0 Å². The first kappa shape index (κ1) is 29.8. The fourth-order valence-corrected chi connectivity index (χ4v) is 6.39. The number of amides is 1. The molecule has 4 rings (SSSR count). The molecule has 0 spiro atoms. The lowest BCUT2D eigenvalue weighted by molar-refractivity contribution is -0.141. The quantitative estimate of drug-likeness (QED) is 0.334. The Morgan fingerprint density at radius 3 is 2.72 bits per heavy atom. The van der Waals surface area contributed by atoms with Crippen molar-refractivity contribution in [3.8, 4) is 11.5 Å². The van der Waals surface area contributed by atoms with Gasteiger partial charge in [0.15, 0.2) is 5.75 Å². The van der Waals surface area contributed by atoms with E-state index in [4.69, 9.17) is 26.8 Å². The maximum Gasteiger partial charge on any atom is 0.225 e. The van der Waals surface area contributed by atoms with Gasteiger partial charge in [-0.05, 0) is 75.1 Å². The fraction of sp³-hybridized carbons (Fsp3) is 0.581. The van der Waals surface area contributed by atoms with E-state index in [9.17, 15) is 15.0 Å². The first-order chi connectivity index (χ1) is 18.8. The average molecular weight is 559 g/mol. The van der Waals surface area contributed by atoms with Crippen molar-refractivity contribution in [3.05, 3.63) is 58.6 Å². The van der Waals surface area contributed by atoms with Crippen molar-refractivity contribution >= 4 is 17.5 Å². The minimum absolute atomic E-state index is 0.0207. The number of unbranched alkanes of at least 4 members (excludes halogenated alkanes) is 1. The molecule has 1 amide bonds. The van der Waals surface area contributed by atoms with Gasteiger partial charge < -0.3 is 30.3 Å². The summed E-state index contributed by atoms with van der Waals surface area (Å²) in [5, 5.41) is 23.1. The molecular formula is C31H43ClN2O5. The van der Waals surface area contributed by atoms with E-state index < -0.39 is 11.7 Å². The van der Waals surface area contributed by atoms with E-state index in [0.717, 1.165) is 37.7 Å². The Bertz CT molecular complexity index is 1100. The molecule has 1 saturated heterocycles. The van der Waals surface area contributed by atoms with E-state index in [0.29, 0.717) is 61.0 Å². The van der Waals surface area contributed by atoms with Crippen molar-refractivity contribution in [2.75, 3.05) is 26.8 Å². The minimum atomic E-state index is -1.26. The summed E-state index contributed by atoms with van der Waals surface area (Å²) in [6.45, 7) is 3.77. The summed E-state index contributed by atoms with van der Waals surface area (Å²) in [5.41, 5.74) is 6.53. The van der Waals surface area contributed by atoms with E-state index in [1.807, 2.05) is 35.2 Å². The van der Waals surface area contributed by atoms with E-state index in [1.54, 1.807) is 13.2 Å². The van der Waals surface area contributed by atoms with Crippen LogP contribution in [0.4, 0.5) is 0 Å². The maximum atomic E-state index is 13.4. The molecule has 1 saturated carbocycles. The first-order valence-corrected chi connectivity index (χ1v) is 14.6. The third-order valence-electron chi connectivity index (χ3n) is 8.45. The molecule has 1 aliphatic heterocycles. The van der Waals surface area contributed by atoms with Gasteiger partial charge in [0.2, 0.25) is 5.91 Å². The predicted octanol–water partition coefficient (Wildman–Crippen LogP) is 5.04. The van der Waals surface area contributed by atoms with E-state index in [-0.39, 0.29) is 23.8 Å². The Hall–Kier alpha value is -2.16. The highest BCUT2D eigenvalue weighted by atomic mass is 35.5. The highest BCUT2D eigenvalue weighted by Gasteiger charge is 2.45. The van der Waals surface area contributed by atoms with Crippen LogP contribution < -0.4 is 10.5 Å². The maximum absolute atomic E-state index is 13.4. The van der Waals surface area contributed by atoms with Crippen LogP contribution >= 0.6 is 11.6 Å². The monoisotopic (exact) mass is 558 g/mol. The van der Waals surface area contributed by atoms with Gasteiger partial charge in [-0.2, -0.15) is 0 Å². The summed E-state index contributed by atoms with van der Waals surface area (Å²) >= 11 is 6.72. The molecule has 39 heavy (non-hydrogen) atoms. The van der Waals surface area contributed by atoms with Crippen LogP contribution in [0.1, 0.15) is 63.0 Å². The second-order valence-electron chi connectivity index (χ2n) is 11.1. The third kappa shape index (κ3) is 6.95. The molecule has 8 heteroatoms. The fourth-order valence-electron chi connectivity index (χ4n) is 6.17. The van der Waals surface area contributed by atoms with Crippen LogP contribution in [0.25, 0.3) is 0 Å². The minimum Gasteiger partial charge on any atom is -0.455 e. The molecule has 2 fully saturated rings. The number of carbonyl (C=O) groups excluding carboxylic acids is 1. The topological polar surface area (TPSA) is 105 Å². The van der Waals surface area contributed by atoms with Gasteiger partial charge in [0.1, 0.15) is 5.75 Å². The Balaban J connectivity index is 1.64. The molecule has 0 bridgehead atoms. The second-order valence-corrected chi connectivity index (χ2v) is 11.5.